The lowest BCUT2D eigenvalue weighted by atomic mass is 9.81. The van der Waals surface area contributed by atoms with Gasteiger partial charge in [0.05, 0.1) is 12.0 Å². The van der Waals surface area contributed by atoms with Gasteiger partial charge >= 0.3 is 5.97 Å². The Morgan fingerprint density at radius 3 is 2.21 bits per heavy atom. The molecule has 0 amide bonds. The summed E-state index contributed by atoms with van der Waals surface area (Å²) in [5.41, 5.74) is 0. The lowest BCUT2D eigenvalue weighted by molar-refractivity contribution is -0.154. The molecule has 0 aromatic rings. The summed E-state index contributed by atoms with van der Waals surface area (Å²) in [5.74, 6) is 0.652. The van der Waals surface area contributed by atoms with Crippen LogP contribution >= 0.6 is 0 Å². The van der Waals surface area contributed by atoms with E-state index in [-0.39, 0.29) is 18.0 Å². The van der Waals surface area contributed by atoms with E-state index < -0.39 is 0 Å². The molecule has 0 aromatic carbocycles. The fourth-order valence-corrected chi connectivity index (χ4v) is 2.17. The third-order valence-electron chi connectivity index (χ3n) is 3.08. The molecule has 1 saturated carbocycles. The van der Waals surface area contributed by atoms with Crippen molar-refractivity contribution in [2.24, 2.45) is 11.8 Å². The number of carbonyl (C=O) groups is 1. The number of esters is 1. The highest BCUT2D eigenvalue weighted by Gasteiger charge is 2.26. The van der Waals surface area contributed by atoms with Crippen molar-refractivity contribution in [1.29, 1.82) is 0 Å². The third-order valence-corrected chi connectivity index (χ3v) is 3.08. The van der Waals surface area contributed by atoms with Crippen molar-refractivity contribution < 1.29 is 9.53 Å². The van der Waals surface area contributed by atoms with Crippen LogP contribution in [0.15, 0.2) is 0 Å². The molecule has 1 unspecified atom stereocenters. The van der Waals surface area contributed by atoms with Crippen LogP contribution in [0, 0.1) is 11.8 Å². The Labute approximate surface area is 87.0 Å². The Hall–Kier alpha value is -0.530. The van der Waals surface area contributed by atoms with Gasteiger partial charge < -0.3 is 4.74 Å². The van der Waals surface area contributed by atoms with Gasteiger partial charge in [0.1, 0.15) is 0 Å². The Morgan fingerprint density at radius 1 is 1.14 bits per heavy atom. The average molecular weight is 198 g/mol. The van der Waals surface area contributed by atoms with Crippen LogP contribution in [0.2, 0.25) is 0 Å². The van der Waals surface area contributed by atoms with E-state index in [1.165, 1.54) is 32.1 Å². The molecule has 0 saturated heterocycles. The lowest BCUT2D eigenvalue weighted by Gasteiger charge is -2.26. The maximum absolute atomic E-state index is 11.6. The molecule has 82 valence electrons. The van der Waals surface area contributed by atoms with Crippen LogP contribution in [0.25, 0.3) is 0 Å². The van der Waals surface area contributed by atoms with E-state index in [1.807, 2.05) is 20.8 Å². The van der Waals surface area contributed by atoms with Gasteiger partial charge in [-0.2, -0.15) is 0 Å². The summed E-state index contributed by atoms with van der Waals surface area (Å²) >= 11 is 0. The Kier molecular flexibility index (Phi) is 4.43. The molecule has 0 radical (unpaired) electrons. The van der Waals surface area contributed by atoms with E-state index in [1.54, 1.807) is 0 Å². The zero-order valence-electron chi connectivity index (χ0n) is 9.58. The predicted octanol–water partition coefficient (Wildman–Crippen LogP) is 3.15. The normalized spacial score (nSPS) is 20.9. The van der Waals surface area contributed by atoms with E-state index in [4.69, 9.17) is 4.74 Å². The quantitative estimate of drug-likeness (QED) is 0.651. The van der Waals surface area contributed by atoms with Crippen LogP contribution in [-0.2, 0) is 9.53 Å². The van der Waals surface area contributed by atoms with Crippen molar-refractivity contribution in [3.05, 3.63) is 0 Å². The molecule has 0 aliphatic heterocycles. The van der Waals surface area contributed by atoms with Crippen molar-refractivity contribution in [2.45, 2.75) is 59.0 Å². The van der Waals surface area contributed by atoms with Crippen molar-refractivity contribution >= 4 is 5.97 Å². The van der Waals surface area contributed by atoms with Gasteiger partial charge in [-0.05, 0) is 32.6 Å². The fraction of sp³-hybridized carbons (Fsp3) is 0.917. The zero-order valence-corrected chi connectivity index (χ0v) is 9.58. The molecule has 2 nitrogen and oxygen atoms in total. The average Bonchev–Trinajstić information content (AvgIpc) is 2.17. The van der Waals surface area contributed by atoms with Gasteiger partial charge in [0.2, 0.25) is 0 Å². The zero-order chi connectivity index (χ0) is 10.6. The van der Waals surface area contributed by atoms with Gasteiger partial charge in [-0.3, -0.25) is 4.79 Å². The first-order chi connectivity index (χ1) is 6.61. The predicted molar refractivity (Wildman–Crippen MR) is 57.0 cm³/mol. The van der Waals surface area contributed by atoms with Gasteiger partial charge in [0.15, 0.2) is 0 Å². The molecule has 0 N–H and O–H groups in total. The molecule has 2 heteroatoms. The number of ether oxygens (including phenoxy) is 1. The summed E-state index contributed by atoms with van der Waals surface area (Å²) in [7, 11) is 0. The third kappa shape index (κ3) is 3.32. The SMILES string of the molecule is CC(C)OC(=O)C(C)C1CCCCC1. The highest BCUT2D eigenvalue weighted by Crippen LogP contribution is 2.30. The van der Waals surface area contributed by atoms with Crippen LogP contribution in [0.3, 0.4) is 0 Å². The van der Waals surface area contributed by atoms with Crippen molar-refractivity contribution in [1.82, 2.24) is 0 Å². The standard InChI is InChI=1S/C12H22O2/c1-9(2)14-12(13)10(3)11-7-5-4-6-8-11/h9-11H,4-8H2,1-3H3. The Morgan fingerprint density at radius 2 is 1.71 bits per heavy atom. The van der Waals surface area contributed by atoms with Gasteiger partial charge in [-0.1, -0.05) is 26.2 Å². The highest BCUT2D eigenvalue weighted by atomic mass is 16.5. The van der Waals surface area contributed by atoms with Crippen molar-refractivity contribution in [3.8, 4) is 0 Å². The first kappa shape index (κ1) is 11.5. The lowest BCUT2D eigenvalue weighted by Crippen LogP contribution is -2.26. The molecule has 1 rings (SSSR count). The summed E-state index contributed by atoms with van der Waals surface area (Å²) in [6.45, 7) is 5.83. The smallest absolute Gasteiger partial charge is 0.309 e. The van der Waals surface area contributed by atoms with E-state index in [0.29, 0.717) is 5.92 Å². The molecule has 1 fully saturated rings. The van der Waals surface area contributed by atoms with E-state index in [0.717, 1.165) is 0 Å². The minimum atomic E-state index is -0.00750. The number of hydrogen-bond donors (Lipinski definition) is 0. The molecular weight excluding hydrogens is 176 g/mol. The van der Waals surface area contributed by atoms with Gasteiger partial charge in [0, 0.05) is 0 Å². The molecule has 1 atom stereocenters. The number of hydrogen-bond acceptors (Lipinski definition) is 2. The second kappa shape index (κ2) is 5.38. The van der Waals surface area contributed by atoms with Gasteiger partial charge in [-0.25, -0.2) is 0 Å². The second-order valence-electron chi connectivity index (χ2n) is 4.67. The van der Waals surface area contributed by atoms with Gasteiger partial charge in [-0.15, -0.1) is 0 Å². The number of carbonyl (C=O) groups excluding carboxylic acids is 1. The minimum absolute atomic E-state index is 0.00750. The minimum Gasteiger partial charge on any atom is -0.463 e. The fourth-order valence-electron chi connectivity index (χ4n) is 2.17. The summed E-state index contributed by atoms with van der Waals surface area (Å²) in [5, 5.41) is 0. The summed E-state index contributed by atoms with van der Waals surface area (Å²) < 4.78 is 5.23. The van der Waals surface area contributed by atoms with Crippen molar-refractivity contribution in [3.63, 3.8) is 0 Å². The molecule has 14 heavy (non-hydrogen) atoms. The maximum atomic E-state index is 11.6. The monoisotopic (exact) mass is 198 g/mol. The van der Waals surface area contributed by atoms with Crippen LogP contribution in [0.5, 0.6) is 0 Å². The molecule has 1 aliphatic carbocycles. The second-order valence-corrected chi connectivity index (χ2v) is 4.67. The Bertz CT molecular complexity index is 181. The topological polar surface area (TPSA) is 26.3 Å². The molecule has 1 aliphatic rings. The van der Waals surface area contributed by atoms with Crippen molar-refractivity contribution in [2.75, 3.05) is 0 Å². The van der Waals surface area contributed by atoms with E-state index in [2.05, 4.69) is 0 Å². The highest BCUT2D eigenvalue weighted by molar-refractivity contribution is 5.72. The van der Waals surface area contributed by atoms with Crippen LogP contribution in [0.4, 0.5) is 0 Å². The first-order valence-electron chi connectivity index (χ1n) is 5.81. The van der Waals surface area contributed by atoms with Crippen LogP contribution < -0.4 is 0 Å². The van der Waals surface area contributed by atoms with E-state index >= 15 is 0 Å². The van der Waals surface area contributed by atoms with Gasteiger partial charge in [0.25, 0.3) is 0 Å². The molecular formula is C12H22O2. The van der Waals surface area contributed by atoms with E-state index in [9.17, 15) is 4.79 Å². The first-order valence-corrected chi connectivity index (χ1v) is 5.81. The molecule has 0 bridgehead atoms. The molecule has 0 aromatic heterocycles. The molecule has 0 spiro atoms. The summed E-state index contributed by atoms with van der Waals surface area (Å²) in [6, 6.07) is 0. The molecule has 0 heterocycles. The van der Waals surface area contributed by atoms with Crippen LogP contribution in [-0.4, -0.2) is 12.1 Å². The summed E-state index contributed by atoms with van der Waals surface area (Å²) in [4.78, 5) is 11.6. The van der Waals surface area contributed by atoms with Crippen LogP contribution in [0.1, 0.15) is 52.9 Å². The summed E-state index contributed by atoms with van der Waals surface area (Å²) in [6.07, 6.45) is 6.33. The number of rotatable bonds is 3. The largest absolute Gasteiger partial charge is 0.463 e. The Balaban J connectivity index is 2.38. The maximum Gasteiger partial charge on any atom is 0.309 e.